The van der Waals surface area contributed by atoms with Crippen LogP contribution in [-0.2, 0) is 0 Å². The predicted molar refractivity (Wildman–Crippen MR) is 64.0 cm³/mol. The molecule has 1 nitrogen and oxygen atoms in total. The van der Waals surface area contributed by atoms with Crippen LogP contribution in [0.2, 0.25) is 0 Å². The van der Waals surface area contributed by atoms with Crippen molar-refractivity contribution in [2.75, 3.05) is 11.9 Å². The van der Waals surface area contributed by atoms with Crippen LogP contribution in [0.3, 0.4) is 0 Å². The molecule has 0 spiro atoms. The summed E-state index contributed by atoms with van der Waals surface area (Å²) in [6, 6.07) is 6.73. The summed E-state index contributed by atoms with van der Waals surface area (Å²) in [5.41, 5.74) is 4.05. The van der Waals surface area contributed by atoms with Crippen LogP contribution in [0.5, 0.6) is 0 Å². The average molecular weight is 191 g/mol. The molecule has 1 aromatic rings. The number of anilines is 1. The molecule has 0 bridgehead atoms. The minimum Gasteiger partial charge on any atom is -0.385 e. The van der Waals surface area contributed by atoms with Gasteiger partial charge in [-0.2, -0.15) is 0 Å². The van der Waals surface area contributed by atoms with Gasteiger partial charge in [-0.25, -0.2) is 0 Å². The van der Waals surface area contributed by atoms with E-state index in [9.17, 15) is 0 Å². The van der Waals surface area contributed by atoms with Gasteiger partial charge in [0.25, 0.3) is 0 Å². The van der Waals surface area contributed by atoms with Crippen LogP contribution < -0.4 is 5.32 Å². The van der Waals surface area contributed by atoms with E-state index in [2.05, 4.69) is 51.2 Å². The van der Waals surface area contributed by atoms with Crippen molar-refractivity contribution in [3.63, 3.8) is 0 Å². The lowest BCUT2D eigenvalue weighted by Crippen LogP contribution is -2.00. The van der Waals surface area contributed by atoms with E-state index in [-0.39, 0.29) is 0 Å². The van der Waals surface area contributed by atoms with E-state index in [1.54, 1.807) is 0 Å². The van der Waals surface area contributed by atoms with Crippen molar-refractivity contribution in [1.29, 1.82) is 0 Å². The summed E-state index contributed by atoms with van der Waals surface area (Å²) < 4.78 is 0. The van der Waals surface area contributed by atoms with Crippen molar-refractivity contribution in [3.8, 4) is 0 Å². The van der Waals surface area contributed by atoms with E-state index in [0.717, 1.165) is 6.54 Å². The lowest BCUT2D eigenvalue weighted by molar-refractivity contribution is 0.733. The van der Waals surface area contributed by atoms with Crippen LogP contribution in [0.1, 0.15) is 44.2 Å². The fourth-order valence-electron chi connectivity index (χ4n) is 1.56. The Morgan fingerprint density at radius 2 is 2.00 bits per heavy atom. The van der Waals surface area contributed by atoms with Crippen molar-refractivity contribution in [1.82, 2.24) is 0 Å². The molecule has 1 atom stereocenters. The normalized spacial score (nSPS) is 12.6. The van der Waals surface area contributed by atoms with E-state index in [0.29, 0.717) is 5.92 Å². The molecule has 14 heavy (non-hydrogen) atoms. The highest BCUT2D eigenvalue weighted by Crippen LogP contribution is 2.24. The third-order valence-corrected chi connectivity index (χ3v) is 2.81. The number of nitrogens with one attached hydrogen (secondary N) is 1. The molecule has 0 heterocycles. The number of benzene rings is 1. The van der Waals surface area contributed by atoms with Gasteiger partial charge in [0.2, 0.25) is 0 Å². The van der Waals surface area contributed by atoms with Crippen LogP contribution >= 0.6 is 0 Å². The summed E-state index contributed by atoms with van der Waals surface area (Å²) in [5, 5.41) is 3.40. The fourth-order valence-corrected chi connectivity index (χ4v) is 1.56. The molecule has 1 heteroatoms. The Morgan fingerprint density at radius 3 is 2.57 bits per heavy atom. The summed E-state index contributed by atoms with van der Waals surface area (Å²) in [6.07, 6.45) is 1.20. The van der Waals surface area contributed by atoms with Gasteiger partial charge in [0.05, 0.1) is 0 Å². The van der Waals surface area contributed by atoms with E-state index >= 15 is 0 Å². The second-order valence-corrected chi connectivity index (χ2v) is 3.91. The number of aryl methyl sites for hydroxylation is 1. The number of hydrogen-bond donors (Lipinski definition) is 1. The Morgan fingerprint density at radius 1 is 1.29 bits per heavy atom. The summed E-state index contributed by atoms with van der Waals surface area (Å²) in [5.74, 6) is 0.660. The molecule has 1 rings (SSSR count). The van der Waals surface area contributed by atoms with Crippen LogP contribution in [0.4, 0.5) is 5.69 Å². The van der Waals surface area contributed by atoms with Crippen LogP contribution in [0.15, 0.2) is 18.2 Å². The first-order valence-electron chi connectivity index (χ1n) is 5.53. The standard InChI is InChI=1S/C13H21N/c1-5-10(3)12-8-7-11(4)13(9-12)14-6-2/h7-10,14H,5-6H2,1-4H3. The molecule has 1 unspecified atom stereocenters. The van der Waals surface area contributed by atoms with Crippen molar-refractivity contribution >= 4 is 5.69 Å². The number of rotatable bonds is 4. The monoisotopic (exact) mass is 191 g/mol. The fraction of sp³-hybridized carbons (Fsp3) is 0.538. The van der Waals surface area contributed by atoms with Crippen molar-refractivity contribution < 1.29 is 0 Å². The minimum absolute atomic E-state index is 0.660. The molecule has 0 aliphatic rings. The molecular formula is C13H21N. The Balaban J connectivity index is 2.93. The molecule has 0 saturated heterocycles. The molecule has 0 amide bonds. The Hall–Kier alpha value is -0.980. The lowest BCUT2D eigenvalue weighted by Gasteiger charge is -2.13. The summed E-state index contributed by atoms with van der Waals surface area (Å²) in [7, 11) is 0. The number of hydrogen-bond acceptors (Lipinski definition) is 1. The van der Waals surface area contributed by atoms with Crippen LogP contribution in [0, 0.1) is 6.92 Å². The van der Waals surface area contributed by atoms with Crippen LogP contribution in [0.25, 0.3) is 0 Å². The van der Waals surface area contributed by atoms with Crippen LogP contribution in [-0.4, -0.2) is 6.54 Å². The van der Waals surface area contributed by atoms with E-state index in [1.165, 1.54) is 23.2 Å². The van der Waals surface area contributed by atoms with Gasteiger partial charge in [-0.3, -0.25) is 0 Å². The summed E-state index contributed by atoms with van der Waals surface area (Å²) in [4.78, 5) is 0. The Labute approximate surface area is 87.5 Å². The molecule has 0 aliphatic heterocycles. The molecule has 1 aromatic carbocycles. The van der Waals surface area contributed by atoms with Gasteiger partial charge in [-0.05, 0) is 43.4 Å². The molecule has 0 aromatic heterocycles. The predicted octanol–water partition coefficient (Wildman–Crippen LogP) is 3.94. The first kappa shape index (κ1) is 11.1. The van der Waals surface area contributed by atoms with Crippen molar-refractivity contribution in [2.24, 2.45) is 0 Å². The van der Waals surface area contributed by atoms with Gasteiger partial charge in [0.1, 0.15) is 0 Å². The average Bonchev–Trinajstić information content (AvgIpc) is 2.20. The largest absolute Gasteiger partial charge is 0.385 e. The Bertz CT molecular complexity index is 291. The Kier molecular flexibility index (Phi) is 3.99. The molecule has 0 radical (unpaired) electrons. The third-order valence-electron chi connectivity index (χ3n) is 2.81. The first-order chi connectivity index (χ1) is 6.69. The van der Waals surface area contributed by atoms with E-state index in [1.807, 2.05) is 0 Å². The highest BCUT2D eigenvalue weighted by atomic mass is 14.9. The molecular weight excluding hydrogens is 170 g/mol. The van der Waals surface area contributed by atoms with Crippen molar-refractivity contribution in [3.05, 3.63) is 29.3 Å². The molecule has 1 N–H and O–H groups in total. The lowest BCUT2D eigenvalue weighted by atomic mass is 9.97. The molecule has 0 saturated carbocycles. The zero-order valence-electron chi connectivity index (χ0n) is 9.72. The zero-order valence-corrected chi connectivity index (χ0v) is 9.72. The van der Waals surface area contributed by atoms with E-state index in [4.69, 9.17) is 0 Å². The molecule has 78 valence electrons. The highest BCUT2D eigenvalue weighted by Gasteiger charge is 2.04. The second-order valence-electron chi connectivity index (χ2n) is 3.91. The maximum absolute atomic E-state index is 3.40. The quantitative estimate of drug-likeness (QED) is 0.760. The zero-order chi connectivity index (χ0) is 10.6. The van der Waals surface area contributed by atoms with Gasteiger partial charge >= 0.3 is 0 Å². The van der Waals surface area contributed by atoms with Gasteiger partial charge < -0.3 is 5.32 Å². The van der Waals surface area contributed by atoms with Gasteiger partial charge in [-0.15, -0.1) is 0 Å². The van der Waals surface area contributed by atoms with Gasteiger partial charge in [0.15, 0.2) is 0 Å². The minimum atomic E-state index is 0.660. The van der Waals surface area contributed by atoms with Gasteiger partial charge in [0, 0.05) is 12.2 Å². The van der Waals surface area contributed by atoms with Gasteiger partial charge in [-0.1, -0.05) is 26.0 Å². The highest BCUT2D eigenvalue weighted by molar-refractivity contribution is 5.53. The summed E-state index contributed by atoms with van der Waals surface area (Å²) >= 11 is 0. The topological polar surface area (TPSA) is 12.0 Å². The summed E-state index contributed by atoms with van der Waals surface area (Å²) in [6.45, 7) is 9.79. The maximum atomic E-state index is 3.40. The van der Waals surface area contributed by atoms with E-state index < -0.39 is 0 Å². The smallest absolute Gasteiger partial charge is 0.0372 e. The molecule has 0 aliphatic carbocycles. The first-order valence-corrected chi connectivity index (χ1v) is 5.53. The SMILES string of the molecule is CCNc1cc(C(C)CC)ccc1C. The third kappa shape index (κ3) is 2.50. The van der Waals surface area contributed by atoms with Crippen molar-refractivity contribution in [2.45, 2.75) is 40.0 Å². The molecule has 0 fully saturated rings. The second kappa shape index (κ2) is 5.04. The maximum Gasteiger partial charge on any atom is 0.0372 e.